The first-order chi connectivity index (χ1) is 19.5. The predicted octanol–water partition coefficient (Wildman–Crippen LogP) is 1.12. The summed E-state index contributed by atoms with van der Waals surface area (Å²) < 4.78 is 8.39. The first kappa shape index (κ1) is 32.2. The van der Waals surface area contributed by atoms with Crippen LogP contribution in [0.2, 0.25) is 0 Å². The number of aryl methyl sites for hydroxylation is 1. The van der Waals surface area contributed by atoms with E-state index in [1.54, 1.807) is 11.0 Å². The summed E-state index contributed by atoms with van der Waals surface area (Å²) in [5, 5.41) is 6.11. The largest absolute Gasteiger partial charge is 1.00 e. The number of anilines is 1. The Morgan fingerprint density at radius 3 is 2.63 bits per heavy atom. The molecule has 1 aliphatic rings. The minimum atomic E-state index is -0.470. The summed E-state index contributed by atoms with van der Waals surface area (Å²) in [4.78, 5) is 40.4. The van der Waals surface area contributed by atoms with E-state index in [0.29, 0.717) is 18.5 Å². The average Bonchev–Trinajstić information content (AvgIpc) is 2.97. The molecule has 2 aromatic carbocycles. The molecule has 1 aliphatic heterocycles. The average molecular weight is 644 g/mol. The molecule has 2 heterocycles. The van der Waals surface area contributed by atoms with Gasteiger partial charge < -0.3 is 32.7 Å². The first-order valence-electron chi connectivity index (χ1n) is 13.8. The molecule has 2 amide bonds. The van der Waals surface area contributed by atoms with Crippen LogP contribution in [0.25, 0.3) is 0 Å². The van der Waals surface area contributed by atoms with Crippen molar-refractivity contribution in [2.75, 3.05) is 31.1 Å². The molecule has 0 fully saturated rings. The third-order valence-electron chi connectivity index (χ3n) is 6.74. The number of rotatable bonds is 12. The Hall–Kier alpha value is -3.27. The van der Waals surface area contributed by atoms with Crippen LogP contribution in [-0.4, -0.2) is 44.0 Å². The number of esters is 1. The topological polar surface area (TPSA) is 91.6 Å². The maximum atomic E-state index is 13.2. The van der Waals surface area contributed by atoms with E-state index in [4.69, 9.17) is 4.74 Å². The molecule has 4 rings (SSSR count). The van der Waals surface area contributed by atoms with Gasteiger partial charge in [0.05, 0.1) is 11.1 Å². The van der Waals surface area contributed by atoms with Crippen molar-refractivity contribution in [2.24, 2.45) is 0 Å². The van der Waals surface area contributed by atoms with Crippen molar-refractivity contribution in [3.05, 3.63) is 94.2 Å². The van der Waals surface area contributed by atoms with E-state index < -0.39 is 6.04 Å². The van der Waals surface area contributed by atoms with Gasteiger partial charge in [0, 0.05) is 38.2 Å². The number of aromatic nitrogens is 1. The Labute approximate surface area is 256 Å². The van der Waals surface area contributed by atoms with Crippen LogP contribution in [0.15, 0.2) is 77.5 Å². The second kappa shape index (κ2) is 16.2. The third-order valence-corrected chi connectivity index (χ3v) is 7.17. The summed E-state index contributed by atoms with van der Waals surface area (Å²) in [6.07, 6.45) is 6.22. The zero-order valence-corrected chi connectivity index (χ0v) is 25.5. The monoisotopic (exact) mass is 642 g/mol. The van der Waals surface area contributed by atoms with Gasteiger partial charge in [-0.3, -0.25) is 9.59 Å². The van der Waals surface area contributed by atoms with Crippen molar-refractivity contribution in [1.29, 1.82) is 0 Å². The molecule has 0 saturated carbocycles. The molecule has 1 atom stereocenters. The van der Waals surface area contributed by atoms with Gasteiger partial charge in [0.15, 0.2) is 12.4 Å². The van der Waals surface area contributed by atoms with Crippen molar-refractivity contribution in [2.45, 2.75) is 45.2 Å². The maximum absolute atomic E-state index is 13.2. The number of nitrogens with zero attached hydrogens (tertiary/aromatic N) is 2. The fourth-order valence-corrected chi connectivity index (χ4v) is 5.34. The van der Waals surface area contributed by atoms with Gasteiger partial charge >= 0.3 is 5.97 Å². The van der Waals surface area contributed by atoms with Crippen molar-refractivity contribution in [1.82, 2.24) is 10.6 Å². The second-order valence-corrected chi connectivity index (χ2v) is 10.6. The zero-order chi connectivity index (χ0) is 28.3. The SMILES string of the molecule is CCC[n+]1cc(Br)cc(C(=O)NCCC(=O)N(CCCOC(=O)C2NCCc3ccccc32)c2ccccc2)c1.[Cl-]. The maximum Gasteiger partial charge on any atom is 0.327 e. The summed E-state index contributed by atoms with van der Waals surface area (Å²) in [5.74, 6) is -0.647. The standard InChI is InChI=1S/C31H35BrN4O4.ClH/c1-2-17-35-21-24(20-25(32)22-35)30(38)34-16-14-28(37)36(26-10-4-3-5-11-26)18-8-19-40-31(39)29-27-12-7-6-9-23(27)13-15-33-29;/h3-7,9-12,20-22,29,33H,2,8,13-19H2,1H3;1H. The van der Waals surface area contributed by atoms with Crippen LogP contribution in [0.5, 0.6) is 0 Å². The Balaban J connectivity index is 0.00000462. The molecule has 0 radical (unpaired) electrons. The van der Waals surface area contributed by atoms with E-state index in [0.717, 1.165) is 47.2 Å². The highest BCUT2D eigenvalue weighted by Gasteiger charge is 2.27. The number of para-hydroxylation sites is 1. The molecule has 2 N–H and O–H groups in total. The molecule has 0 saturated heterocycles. The molecule has 0 bridgehead atoms. The zero-order valence-electron chi connectivity index (χ0n) is 23.2. The van der Waals surface area contributed by atoms with E-state index in [-0.39, 0.29) is 49.8 Å². The van der Waals surface area contributed by atoms with Crippen LogP contribution in [0.1, 0.15) is 53.7 Å². The highest BCUT2D eigenvalue weighted by Crippen LogP contribution is 2.24. The fourth-order valence-electron chi connectivity index (χ4n) is 4.83. The van der Waals surface area contributed by atoms with Crippen LogP contribution in [0.3, 0.4) is 0 Å². The van der Waals surface area contributed by atoms with E-state index in [1.807, 2.05) is 71.6 Å². The minimum Gasteiger partial charge on any atom is -1.00 e. The number of benzene rings is 2. The molecule has 1 aromatic heterocycles. The van der Waals surface area contributed by atoms with Gasteiger partial charge in [-0.2, -0.15) is 0 Å². The lowest BCUT2D eigenvalue weighted by Crippen LogP contribution is -3.00. The van der Waals surface area contributed by atoms with Crippen LogP contribution in [-0.2, 0) is 27.3 Å². The Morgan fingerprint density at radius 2 is 1.85 bits per heavy atom. The number of carbonyl (C=O) groups is 3. The third kappa shape index (κ3) is 9.11. The first-order valence-corrected chi connectivity index (χ1v) is 14.6. The predicted molar refractivity (Wildman–Crippen MR) is 157 cm³/mol. The minimum absolute atomic E-state index is 0. The summed E-state index contributed by atoms with van der Waals surface area (Å²) in [6, 6.07) is 18.6. The summed E-state index contributed by atoms with van der Waals surface area (Å²) in [7, 11) is 0. The van der Waals surface area contributed by atoms with Gasteiger partial charge in [-0.05, 0) is 58.1 Å². The van der Waals surface area contributed by atoms with Gasteiger partial charge in [-0.15, -0.1) is 0 Å². The van der Waals surface area contributed by atoms with Gasteiger partial charge in [-0.1, -0.05) is 49.4 Å². The molecule has 10 heteroatoms. The number of hydrogen-bond acceptors (Lipinski definition) is 5. The highest BCUT2D eigenvalue weighted by atomic mass is 79.9. The molecule has 41 heavy (non-hydrogen) atoms. The molecule has 218 valence electrons. The van der Waals surface area contributed by atoms with Crippen molar-refractivity contribution in [3.8, 4) is 0 Å². The fraction of sp³-hybridized carbons (Fsp3) is 0.355. The second-order valence-electron chi connectivity index (χ2n) is 9.72. The molecule has 8 nitrogen and oxygen atoms in total. The van der Waals surface area contributed by atoms with Crippen LogP contribution in [0, 0.1) is 0 Å². The van der Waals surface area contributed by atoms with E-state index in [9.17, 15) is 14.4 Å². The van der Waals surface area contributed by atoms with Crippen LogP contribution < -0.4 is 32.5 Å². The van der Waals surface area contributed by atoms with Crippen molar-refractivity contribution >= 4 is 39.4 Å². The Bertz CT molecular complexity index is 1320. The lowest BCUT2D eigenvalue weighted by molar-refractivity contribution is -0.697. The number of fused-ring (bicyclic) bond motifs is 1. The Morgan fingerprint density at radius 1 is 1.10 bits per heavy atom. The molecule has 0 aliphatic carbocycles. The van der Waals surface area contributed by atoms with Gasteiger partial charge in [0.1, 0.15) is 18.2 Å². The number of halogens is 2. The lowest BCUT2D eigenvalue weighted by atomic mass is 9.94. The van der Waals surface area contributed by atoms with Crippen LogP contribution in [0.4, 0.5) is 5.69 Å². The van der Waals surface area contributed by atoms with Crippen molar-refractivity contribution in [3.63, 3.8) is 0 Å². The van der Waals surface area contributed by atoms with E-state index in [2.05, 4.69) is 33.5 Å². The molecule has 1 unspecified atom stereocenters. The molecular weight excluding hydrogens is 608 g/mol. The summed E-state index contributed by atoms with van der Waals surface area (Å²) in [6.45, 7) is 4.42. The number of ether oxygens (including phenoxy) is 1. The summed E-state index contributed by atoms with van der Waals surface area (Å²) >= 11 is 3.46. The molecule has 0 spiro atoms. The van der Waals surface area contributed by atoms with Gasteiger partial charge in [-0.25, -0.2) is 9.36 Å². The normalized spacial score (nSPS) is 13.9. The van der Waals surface area contributed by atoms with Gasteiger partial charge in [0.2, 0.25) is 5.91 Å². The van der Waals surface area contributed by atoms with Crippen molar-refractivity contribution < 1.29 is 36.1 Å². The number of amides is 2. The quantitative estimate of drug-likeness (QED) is 0.176. The lowest BCUT2D eigenvalue weighted by Gasteiger charge is -2.26. The number of nitrogens with one attached hydrogen (secondary N) is 2. The van der Waals surface area contributed by atoms with Crippen LogP contribution >= 0.6 is 15.9 Å². The van der Waals surface area contributed by atoms with Gasteiger partial charge in [0.25, 0.3) is 5.91 Å². The number of carbonyl (C=O) groups excluding carboxylic acids is 3. The molecular formula is C31H36BrClN4O4. The molecule has 3 aromatic rings. The summed E-state index contributed by atoms with van der Waals surface area (Å²) in [5.41, 5.74) is 3.42. The Kier molecular flexibility index (Phi) is 12.8. The van der Waals surface area contributed by atoms with E-state index >= 15 is 0 Å². The number of pyridine rings is 1. The highest BCUT2D eigenvalue weighted by molar-refractivity contribution is 9.10. The van der Waals surface area contributed by atoms with E-state index in [1.165, 1.54) is 0 Å². The number of hydrogen-bond donors (Lipinski definition) is 2. The smallest absolute Gasteiger partial charge is 0.327 e.